The minimum atomic E-state index is -0.255. The Hall–Kier alpha value is -1.63. The molecule has 2 saturated heterocycles. The molecular weight excluding hydrogens is 368 g/mol. The van der Waals surface area contributed by atoms with Crippen LogP contribution in [0.2, 0.25) is 0 Å². The van der Waals surface area contributed by atoms with Gasteiger partial charge in [-0.15, -0.1) is 0 Å². The zero-order valence-corrected chi connectivity index (χ0v) is 17.1. The van der Waals surface area contributed by atoms with Crippen LogP contribution in [0.1, 0.15) is 50.0 Å². The summed E-state index contributed by atoms with van der Waals surface area (Å²) in [6.07, 6.45) is 6.35. The minimum Gasteiger partial charge on any atom is -0.492 e. The van der Waals surface area contributed by atoms with Gasteiger partial charge < -0.3 is 19.5 Å². The zero-order valence-electron chi connectivity index (χ0n) is 17.1. The van der Waals surface area contributed by atoms with Crippen molar-refractivity contribution < 1.29 is 19.0 Å². The SMILES string of the molecule is O=C(N[C@H]1CCN2CCOc3ccccc3C3CCC(CC3)OC[C@@H]12)[C@H]1CCO1. The van der Waals surface area contributed by atoms with Crippen LogP contribution in [-0.2, 0) is 14.3 Å². The molecule has 1 aromatic rings. The minimum absolute atomic E-state index is 0.0386. The van der Waals surface area contributed by atoms with E-state index in [0.717, 1.165) is 57.4 Å². The Morgan fingerprint density at radius 1 is 0.966 bits per heavy atom. The number of nitrogens with zero attached hydrogens (tertiary/aromatic N) is 1. The fraction of sp³-hybridized carbons (Fsp3) is 0.696. The van der Waals surface area contributed by atoms with Gasteiger partial charge in [-0.1, -0.05) is 18.2 Å². The summed E-state index contributed by atoms with van der Waals surface area (Å²) in [5.41, 5.74) is 1.36. The third-order valence-electron chi connectivity index (χ3n) is 7.15. The van der Waals surface area contributed by atoms with Crippen LogP contribution in [-0.4, -0.2) is 68.0 Å². The van der Waals surface area contributed by atoms with E-state index in [2.05, 4.69) is 34.5 Å². The molecule has 3 fully saturated rings. The number of nitrogens with one attached hydrogen (secondary N) is 1. The van der Waals surface area contributed by atoms with Crippen LogP contribution < -0.4 is 10.1 Å². The monoisotopic (exact) mass is 400 g/mol. The van der Waals surface area contributed by atoms with Gasteiger partial charge in [0, 0.05) is 25.6 Å². The van der Waals surface area contributed by atoms with Gasteiger partial charge in [-0.2, -0.15) is 0 Å². The molecule has 4 heterocycles. The lowest BCUT2D eigenvalue weighted by molar-refractivity contribution is -0.146. The van der Waals surface area contributed by atoms with Crippen molar-refractivity contribution in [3.8, 4) is 5.75 Å². The molecule has 4 aliphatic heterocycles. The Kier molecular flexibility index (Phi) is 5.75. The first-order valence-corrected chi connectivity index (χ1v) is 11.3. The second-order valence-corrected chi connectivity index (χ2v) is 8.85. The second-order valence-electron chi connectivity index (χ2n) is 8.85. The predicted octanol–water partition coefficient (Wildman–Crippen LogP) is 2.47. The average Bonchev–Trinajstić information content (AvgIpc) is 3.07. The van der Waals surface area contributed by atoms with Crippen LogP contribution in [0.5, 0.6) is 5.75 Å². The summed E-state index contributed by atoms with van der Waals surface area (Å²) < 4.78 is 18.0. The highest BCUT2D eigenvalue weighted by Gasteiger charge is 2.38. The first-order valence-electron chi connectivity index (χ1n) is 11.3. The van der Waals surface area contributed by atoms with Gasteiger partial charge >= 0.3 is 0 Å². The maximum absolute atomic E-state index is 12.4. The van der Waals surface area contributed by atoms with Crippen molar-refractivity contribution in [1.29, 1.82) is 0 Å². The van der Waals surface area contributed by atoms with Gasteiger partial charge in [0.25, 0.3) is 0 Å². The molecular formula is C23H32N2O4. The Bertz CT molecular complexity index is 715. The van der Waals surface area contributed by atoms with Crippen LogP contribution in [0, 0.1) is 0 Å². The van der Waals surface area contributed by atoms with Gasteiger partial charge in [-0.3, -0.25) is 9.69 Å². The fourth-order valence-corrected chi connectivity index (χ4v) is 5.30. The smallest absolute Gasteiger partial charge is 0.249 e. The molecule has 158 valence electrons. The third-order valence-corrected chi connectivity index (χ3v) is 7.15. The lowest BCUT2D eigenvalue weighted by Gasteiger charge is -2.33. The quantitative estimate of drug-likeness (QED) is 0.827. The number of ether oxygens (including phenoxy) is 3. The Morgan fingerprint density at radius 3 is 2.59 bits per heavy atom. The Labute approximate surface area is 172 Å². The van der Waals surface area contributed by atoms with Crippen molar-refractivity contribution in [3.05, 3.63) is 29.8 Å². The molecule has 1 aromatic carbocycles. The fourth-order valence-electron chi connectivity index (χ4n) is 5.30. The number of amides is 1. The number of carbonyl (C=O) groups is 1. The van der Waals surface area contributed by atoms with Gasteiger partial charge in [0.2, 0.25) is 5.91 Å². The van der Waals surface area contributed by atoms with Crippen molar-refractivity contribution >= 4 is 5.91 Å². The number of benzene rings is 1. The first kappa shape index (κ1) is 19.3. The zero-order chi connectivity index (χ0) is 19.6. The summed E-state index contributed by atoms with van der Waals surface area (Å²) >= 11 is 0. The average molecular weight is 401 g/mol. The van der Waals surface area contributed by atoms with Crippen LogP contribution in [0.25, 0.3) is 0 Å². The van der Waals surface area contributed by atoms with E-state index >= 15 is 0 Å². The highest BCUT2D eigenvalue weighted by Crippen LogP contribution is 2.38. The predicted molar refractivity (Wildman–Crippen MR) is 109 cm³/mol. The van der Waals surface area contributed by atoms with Gasteiger partial charge in [0.1, 0.15) is 18.5 Å². The summed E-state index contributed by atoms with van der Waals surface area (Å²) in [7, 11) is 0. The van der Waals surface area contributed by atoms with Gasteiger partial charge in [0.05, 0.1) is 25.4 Å². The van der Waals surface area contributed by atoms with Crippen molar-refractivity contribution in [1.82, 2.24) is 10.2 Å². The lowest BCUT2D eigenvalue weighted by atomic mass is 9.82. The second kappa shape index (κ2) is 8.62. The molecule has 1 N–H and O–H groups in total. The maximum Gasteiger partial charge on any atom is 0.249 e. The van der Waals surface area contributed by atoms with Gasteiger partial charge in [0.15, 0.2) is 0 Å². The van der Waals surface area contributed by atoms with Crippen LogP contribution in [0.15, 0.2) is 24.3 Å². The van der Waals surface area contributed by atoms with Crippen molar-refractivity contribution in [3.63, 3.8) is 0 Å². The van der Waals surface area contributed by atoms with E-state index in [0.29, 0.717) is 31.8 Å². The van der Waals surface area contributed by atoms with Crippen molar-refractivity contribution in [2.24, 2.45) is 0 Å². The molecule has 0 radical (unpaired) electrons. The van der Waals surface area contributed by atoms with Crippen LogP contribution in [0.4, 0.5) is 0 Å². The highest BCUT2D eigenvalue weighted by atomic mass is 16.5. The third kappa shape index (κ3) is 4.16. The summed E-state index contributed by atoms with van der Waals surface area (Å²) in [4.78, 5) is 14.9. The molecule has 6 nitrogen and oxygen atoms in total. The van der Waals surface area contributed by atoms with E-state index in [9.17, 15) is 4.79 Å². The van der Waals surface area contributed by atoms with Gasteiger partial charge in [-0.25, -0.2) is 0 Å². The lowest BCUT2D eigenvalue weighted by Crippen LogP contribution is -2.53. The molecule has 2 bridgehead atoms. The molecule has 6 heteroatoms. The molecule has 0 unspecified atom stereocenters. The van der Waals surface area contributed by atoms with Crippen LogP contribution in [0.3, 0.4) is 0 Å². The molecule has 5 aliphatic rings. The maximum atomic E-state index is 12.4. The highest BCUT2D eigenvalue weighted by molar-refractivity contribution is 5.81. The largest absolute Gasteiger partial charge is 0.492 e. The number of carbonyl (C=O) groups excluding carboxylic acids is 1. The number of fused-ring (bicyclic) bond motifs is 5. The molecule has 6 rings (SSSR count). The molecule has 0 aromatic heterocycles. The van der Waals surface area contributed by atoms with E-state index in [-0.39, 0.29) is 24.1 Å². The summed E-state index contributed by atoms with van der Waals surface area (Å²) in [6, 6.07) is 8.86. The Balaban J connectivity index is 1.30. The number of hydrogen-bond acceptors (Lipinski definition) is 5. The standard InChI is InChI=1S/C23H32N2O4/c26-23(22-10-13-27-22)24-19-9-11-25-12-14-28-21-4-2-1-3-18(21)16-5-7-17(8-6-16)29-15-20(19)25/h1-4,16-17,19-20,22H,5-15H2,(H,24,26)/t16?,17?,19-,20-,22+/m0/s1. The summed E-state index contributed by atoms with van der Waals surface area (Å²) in [6.45, 7) is 3.85. The molecule has 1 amide bonds. The van der Waals surface area contributed by atoms with Crippen LogP contribution >= 0.6 is 0 Å². The van der Waals surface area contributed by atoms with E-state index in [4.69, 9.17) is 14.2 Å². The summed E-state index contributed by atoms with van der Waals surface area (Å²) in [5.74, 6) is 1.65. The van der Waals surface area contributed by atoms with Crippen molar-refractivity contribution in [2.75, 3.05) is 32.9 Å². The molecule has 3 atom stereocenters. The number of rotatable bonds is 2. The molecule has 1 aliphatic carbocycles. The summed E-state index contributed by atoms with van der Waals surface area (Å²) in [5, 5.41) is 3.24. The van der Waals surface area contributed by atoms with E-state index in [1.54, 1.807) is 0 Å². The first-order chi connectivity index (χ1) is 14.3. The Morgan fingerprint density at radius 2 is 1.79 bits per heavy atom. The van der Waals surface area contributed by atoms with E-state index in [1.165, 1.54) is 5.56 Å². The molecule has 0 spiro atoms. The van der Waals surface area contributed by atoms with Crippen molar-refractivity contribution in [2.45, 2.75) is 68.7 Å². The molecule has 1 saturated carbocycles. The number of hydrogen-bond donors (Lipinski definition) is 1. The van der Waals surface area contributed by atoms with Gasteiger partial charge in [-0.05, 0) is 49.7 Å². The normalized spacial score (nSPS) is 35.1. The van der Waals surface area contributed by atoms with E-state index < -0.39 is 0 Å². The number of para-hydroxylation sites is 1. The molecule has 29 heavy (non-hydrogen) atoms. The van der Waals surface area contributed by atoms with E-state index in [1.807, 2.05) is 0 Å². The topological polar surface area (TPSA) is 60.0 Å².